The molecule has 0 radical (unpaired) electrons. The lowest BCUT2D eigenvalue weighted by atomic mass is 9.83. The van der Waals surface area contributed by atoms with Crippen molar-refractivity contribution in [3.63, 3.8) is 0 Å². The highest BCUT2D eigenvalue weighted by Crippen LogP contribution is 2.55. The summed E-state index contributed by atoms with van der Waals surface area (Å²) in [5, 5.41) is 1.89. The smallest absolute Gasteiger partial charge is 0.325 e. The molecule has 1 saturated heterocycles. The van der Waals surface area contributed by atoms with E-state index in [1.54, 1.807) is 12.1 Å². The van der Waals surface area contributed by atoms with Crippen LogP contribution in [0.25, 0.3) is 0 Å². The minimum absolute atomic E-state index is 0.0787. The number of benzene rings is 3. The van der Waals surface area contributed by atoms with Crippen LogP contribution in [0.1, 0.15) is 21.9 Å². The third kappa shape index (κ3) is 5.31. The Labute approximate surface area is 264 Å². The summed E-state index contributed by atoms with van der Waals surface area (Å²) in [7, 11) is 0. The third-order valence-corrected chi connectivity index (χ3v) is 10.7. The molecule has 4 aromatic rings. The number of aromatic nitrogens is 1. The van der Waals surface area contributed by atoms with Crippen molar-refractivity contribution in [2.45, 2.75) is 28.9 Å². The van der Waals surface area contributed by atoms with E-state index in [-0.39, 0.29) is 26.4 Å². The number of halogens is 6. The fourth-order valence-electron chi connectivity index (χ4n) is 5.30. The molecular weight excluding hydrogens is 665 g/mol. The zero-order valence-corrected chi connectivity index (χ0v) is 25.0. The molecule has 0 spiro atoms. The van der Waals surface area contributed by atoms with Crippen molar-refractivity contribution >= 4 is 75.4 Å². The van der Waals surface area contributed by atoms with Gasteiger partial charge in [0.15, 0.2) is 0 Å². The van der Waals surface area contributed by atoms with Crippen LogP contribution in [-0.2, 0) is 27.1 Å². The summed E-state index contributed by atoms with van der Waals surface area (Å²) in [6, 6.07) is 13.6. The summed E-state index contributed by atoms with van der Waals surface area (Å²) < 4.78 is 54.9. The number of thioether (sulfide) groups is 1. The number of carbonyl (C=O) groups is 3. The van der Waals surface area contributed by atoms with Gasteiger partial charge < -0.3 is 5.32 Å². The van der Waals surface area contributed by atoms with Gasteiger partial charge in [-0.2, -0.15) is 13.2 Å². The molecule has 44 heavy (non-hydrogen) atoms. The highest BCUT2D eigenvalue weighted by molar-refractivity contribution is 8.00. The van der Waals surface area contributed by atoms with Gasteiger partial charge in [0.25, 0.3) is 0 Å². The molecule has 0 saturated carbocycles. The van der Waals surface area contributed by atoms with Crippen LogP contribution in [0, 0.1) is 11.7 Å². The molecule has 0 bridgehead atoms. The van der Waals surface area contributed by atoms with Crippen LogP contribution in [0.4, 0.5) is 28.9 Å². The molecule has 3 atom stereocenters. The van der Waals surface area contributed by atoms with Gasteiger partial charge in [0, 0.05) is 16.5 Å². The molecule has 2 aliphatic heterocycles. The van der Waals surface area contributed by atoms with E-state index in [1.807, 2.05) is 0 Å². The summed E-state index contributed by atoms with van der Waals surface area (Å²) in [4.78, 5) is 54.5. The first-order valence-electron chi connectivity index (χ1n) is 12.8. The Morgan fingerprint density at radius 1 is 0.955 bits per heavy atom. The molecule has 7 nitrogen and oxygen atoms in total. The van der Waals surface area contributed by atoms with Crippen molar-refractivity contribution < 1.29 is 31.9 Å². The minimum Gasteiger partial charge on any atom is -0.325 e. The normalized spacial score (nSPS) is 19.6. The van der Waals surface area contributed by atoms with Crippen molar-refractivity contribution in [3.05, 3.63) is 108 Å². The number of amides is 3. The number of hydrogen-bond donors (Lipinski definition) is 1. The molecule has 6 rings (SSSR count). The van der Waals surface area contributed by atoms with Gasteiger partial charge in [-0.1, -0.05) is 64.5 Å². The maximum absolute atomic E-state index is 14.0. The lowest BCUT2D eigenvalue weighted by molar-refractivity contribution is -0.137. The maximum atomic E-state index is 14.0. The molecule has 226 valence electrons. The molecule has 15 heteroatoms. The number of hydrogen-bond acceptors (Lipinski definition) is 6. The molecule has 1 N–H and O–H groups in total. The van der Waals surface area contributed by atoms with Crippen LogP contribution in [0.2, 0.25) is 10.0 Å². The van der Waals surface area contributed by atoms with Crippen LogP contribution in [-0.4, -0.2) is 27.5 Å². The van der Waals surface area contributed by atoms with E-state index in [1.165, 1.54) is 24.3 Å². The average Bonchev–Trinajstić information content (AvgIpc) is 3.41. The predicted octanol–water partition coefficient (Wildman–Crippen LogP) is 6.81. The molecular formula is C29H17Cl2F4N3O4S2. The second-order valence-electron chi connectivity index (χ2n) is 9.92. The summed E-state index contributed by atoms with van der Waals surface area (Å²) in [6.07, 6.45) is -4.71. The number of nitrogens with one attached hydrogen (secondary N) is 1. The maximum Gasteiger partial charge on any atom is 0.416 e. The van der Waals surface area contributed by atoms with E-state index in [0.29, 0.717) is 10.4 Å². The molecule has 1 fully saturated rings. The standard InChI is InChI=1S/C29H17Cl2F4N3O4S2/c30-18-6-2-5-17(22(18)31)20-21-23(26(41)38(25(21)40)16-4-1-3-13(11-16)29(33,34)35)43-27-24(20)44-28(42)37(27)12-19(39)36-15-9-7-14(32)8-10-15/h1-11,20-21,23H,12H2,(H,36,39)/t20-,21-,23+/m0/s1. The molecule has 3 aromatic carbocycles. The van der Waals surface area contributed by atoms with Gasteiger partial charge in [-0.15, -0.1) is 0 Å². The summed E-state index contributed by atoms with van der Waals surface area (Å²) in [5.74, 6) is -4.78. The SMILES string of the molecule is O=C(Cn1c2c(sc1=O)[C@@H](c1cccc(Cl)c1Cl)[C@@H]1C(=O)N(c3cccc(C(F)(F)F)c3)C(=O)[C@@H]1S2)Nc1ccc(F)cc1. The molecule has 3 heterocycles. The first-order valence-corrected chi connectivity index (χ1v) is 15.2. The van der Waals surface area contributed by atoms with E-state index in [0.717, 1.165) is 62.9 Å². The van der Waals surface area contributed by atoms with Gasteiger partial charge in [0.1, 0.15) is 17.6 Å². The number of nitrogens with zero attached hydrogens (tertiary/aromatic N) is 2. The Morgan fingerprint density at radius 2 is 1.66 bits per heavy atom. The molecule has 2 aliphatic rings. The molecule has 0 unspecified atom stereocenters. The molecule has 3 amide bonds. The third-order valence-electron chi connectivity index (χ3n) is 7.23. The quantitative estimate of drug-likeness (QED) is 0.185. The molecule has 0 aliphatic carbocycles. The largest absolute Gasteiger partial charge is 0.416 e. The fraction of sp³-hybridized carbons (Fsp3) is 0.172. The number of alkyl halides is 3. The van der Waals surface area contributed by atoms with Crippen LogP contribution in [0.5, 0.6) is 0 Å². The predicted molar refractivity (Wildman–Crippen MR) is 159 cm³/mol. The van der Waals surface area contributed by atoms with E-state index < -0.39 is 63.8 Å². The Bertz CT molecular complexity index is 1890. The Morgan fingerprint density at radius 3 is 2.36 bits per heavy atom. The second-order valence-corrected chi connectivity index (χ2v) is 12.8. The number of anilines is 2. The van der Waals surface area contributed by atoms with Crippen LogP contribution in [0.15, 0.2) is 76.6 Å². The Balaban J connectivity index is 1.43. The van der Waals surface area contributed by atoms with Crippen molar-refractivity contribution in [1.29, 1.82) is 0 Å². The summed E-state index contributed by atoms with van der Waals surface area (Å²) in [6.45, 7) is -0.470. The fourth-order valence-corrected chi connectivity index (χ4v) is 8.49. The van der Waals surface area contributed by atoms with Crippen molar-refractivity contribution in [2.24, 2.45) is 5.92 Å². The Hall–Kier alpha value is -3.65. The van der Waals surface area contributed by atoms with E-state index in [4.69, 9.17) is 23.2 Å². The topological polar surface area (TPSA) is 88.5 Å². The molecule has 1 aromatic heterocycles. The zero-order chi connectivity index (χ0) is 31.5. The van der Waals surface area contributed by atoms with Gasteiger partial charge in [-0.05, 0) is 54.1 Å². The zero-order valence-electron chi connectivity index (χ0n) is 21.9. The Kier molecular flexibility index (Phi) is 7.85. The van der Waals surface area contributed by atoms with E-state index in [9.17, 15) is 36.7 Å². The van der Waals surface area contributed by atoms with Gasteiger partial charge in [0.05, 0.1) is 32.2 Å². The number of carbonyl (C=O) groups excluding carboxylic acids is 3. The number of rotatable bonds is 5. The minimum atomic E-state index is -4.71. The summed E-state index contributed by atoms with van der Waals surface area (Å²) >= 11 is 14.5. The highest BCUT2D eigenvalue weighted by Gasteiger charge is 2.57. The first-order chi connectivity index (χ1) is 20.8. The number of imide groups is 1. The number of fused-ring (bicyclic) bond motifs is 2. The van der Waals surface area contributed by atoms with Crippen molar-refractivity contribution in [1.82, 2.24) is 4.57 Å². The number of thiazole rings is 1. The first kappa shape index (κ1) is 30.4. The van der Waals surface area contributed by atoms with Gasteiger partial charge in [0.2, 0.25) is 17.7 Å². The lowest BCUT2D eigenvalue weighted by Crippen LogP contribution is -2.33. The van der Waals surface area contributed by atoms with E-state index in [2.05, 4.69) is 5.32 Å². The van der Waals surface area contributed by atoms with Gasteiger partial charge in [-0.3, -0.25) is 23.7 Å². The van der Waals surface area contributed by atoms with Crippen LogP contribution < -0.4 is 15.1 Å². The van der Waals surface area contributed by atoms with E-state index >= 15 is 0 Å². The second kappa shape index (κ2) is 11.4. The van der Waals surface area contributed by atoms with Crippen LogP contribution >= 0.6 is 46.3 Å². The van der Waals surface area contributed by atoms with Crippen LogP contribution in [0.3, 0.4) is 0 Å². The lowest BCUT2D eigenvalue weighted by Gasteiger charge is -2.31. The van der Waals surface area contributed by atoms with Crippen molar-refractivity contribution in [2.75, 3.05) is 10.2 Å². The summed E-state index contributed by atoms with van der Waals surface area (Å²) in [5.41, 5.74) is -0.655. The van der Waals surface area contributed by atoms with Gasteiger partial charge >= 0.3 is 11.0 Å². The highest BCUT2D eigenvalue weighted by atomic mass is 35.5. The van der Waals surface area contributed by atoms with Gasteiger partial charge in [-0.25, -0.2) is 9.29 Å². The average molecular weight is 683 g/mol. The van der Waals surface area contributed by atoms with Crippen molar-refractivity contribution in [3.8, 4) is 0 Å². The monoisotopic (exact) mass is 681 g/mol.